The first-order valence-corrected chi connectivity index (χ1v) is 5.97. The zero-order valence-corrected chi connectivity index (χ0v) is 10.5. The van der Waals surface area contributed by atoms with E-state index in [1.165, 1.54) is 25.1 Å². The normalized spacial score (nSPS) is 10.3. The second kappa shape index (κ2) is 5.69. The minimum atomic E-state index is -0.415. The number of esters is 1. The number of thioether (sulfide) groups is 1. The number of hydrogen-bond donors (Lipinski definition) is 0. The van der Waals surface area contributed by atoms with Gasteiger partial charge in [0.2, 0.25) is 0 Å². The summed E-state index contributed by atoms with van der Waals surface area (Å²) >= 11 is 1.35. The van der Waals surface area contributed by atoms with Crippen molar-refractivity contribution in [2.75, 3.05) is 13.4 Å². The molecule has 6 heteroatoms. The Labute approximate surface area is 98.6 Å². The Morgan fingerprint density at radius 2 is 2.19 bits per heavy atom. The predicted molar refractivity (Wildman–Crippen MR) is 60.9 cm³/mol. The van der Waals surface area contributed by atoms with E-state index in [9.17, 15) is 4.79 Å². The van der Waals surface area contributed by atoms with Gasteiger partial charge in [-0.1, -0.05) is 0 Å². The lowest BCUT2D eigenvalue weighted by atomic mass is 10.3. The van der Waals surface area contributed by atoms with Crippen LogP contribution in [0.2, 0.25) is 0 Å². The van der Waals surface area contributed by atoms with Crippen LogP contribution < -0.4 is 4.74 Å². The molecule has 0 N–H and O–H groups in total. The molecule has 0 aliphatic carbocycles. The molecule has 0 amide bonds. The highest BCUT2D eigenvalue weighted by Gasteiger charge is 2.16. The highest BCUT2D eigenvalue weighted by atomic mass is 32.2. The van der Waals surface area contributed by atoms with Crippen molar-refractivity contribution in [3.8, 4) is 6.01 Å². The van der Waals surface area contributed by atoms with Crippen molar-refractivity contribution in [1.29, 1.82) is 0 Å². The molecule has 5 nitrogen and oxygen atoms in total. The van der Waals surface area contributed by atoms with E-state index in [2.05, 4.69) is 9.97 Å². The number of nitrogens with zero attached hydrogens (tertiary/aromatic N) is 2. The van der Waals surface area contributed by atoms with Gasteiger partial charge in [0.15, 0.2) is 0 Å². The Morgan fingerprint density at radius 3 is 2.69 bits per heavy atom. The molecule has 0 spiro atoms. The third-order valence-electron chi connectivity index (χ3n) is 1.67. The largest absolute Gasteiger partial charge is 0.467 e. The Morgan fingerprint density at radius 1 is 1.50 bits per heavy atom. The fraction of sp³-hybridized carbons (Fsp3) is 0.500. The molecule has 0 saturated carbocycles. The average molecular weight is 242 g/mol. The minimum Gasteiger partial charge on any atom is -0.467 e. The van der Waals surface area contributed by atoms with Gasteiger partial charge in [0.25, 0.3) is 0 Å². The van der Waals surface area contributed by atoms with E-state index >= 15 is 0 Å². The number of aromatic nitrogens is 2. The van der Waals surface area contributed by atoms with E-state index < -0.39 is 5.97 Å². The van der Waals surface area contributed by atoms with E-state index in [0.29, 0.717) is 10.6 Å². The number of ether oxygens (including phenoxy) is 2. The summed E-state index contributed by atoms with van der Waals surface area (Å²) in [7, 11) is 1.48. The molecule has 0 radical (unpaired) electrons. The van der Waals surface area contributed by atoms with Gasteiger partial charge >= 0.3 is 12.0 Å². The molecule has 1 aromatic heterocycles. The van der Waals surface area contributed by atoms with E-state index in [0.717, 1.165) is 0 Å². The molecule has 1 heterocycles. The van der Waals surface area contributed by atoms with Crippen molar-refractivity contribution < 1.29 is 14.3 Å². The molecular formula is C10H14N2O3S. The van der Waals surface area contributed by atoms with Crippen molar-refractivity contribution in [3.63, 3.8) is 0 Å². The standard InChI is InChI=1S/C10H14N2O3S/c1-6(2)15-9(13)7-5-11-10(14-3)12-8(7)16-4/h5-6H,1-4H3. The summed E-state index contributed by atoms with van der Waals surface area (Å²) in [5.74, 6) is -0.415. The molecule has 1 aromatic rings. The monoisotopic (exact) mass is 242 g/mol. The lowest BCUT2D eigenvalue weighted by molar-refractivity contribution is 0.0372. The van der Waals surface area contributed by atoms with Crippen LogP contribution in [0.25, 0.3) is 0 Å². The van der Waals surface area contributed by atoms with Crippen molar-refractivity contribution in [1.82, 2.24) is 9.97 Å². The zero-order valence-electron chi connectivity index (χ0n) is 9.68. The van der Waals surface area contributed by atoms with Crippen LogP contribution in [0.1, 0.15) is 24.2 Å². The SMILES string of the molecule is COc1ncc(C(=O)OC(C)C)c(SC)n1. The van der Waals surface area contributed by atoms with Crippen LogP contribution in [0.3, 0.4) is 0 Å². The third-order valence-corrected chi connectivity index (χ3v) is 2.37. The van der Waals surface area contributed by atoms with Crippen molar-refractivity contribution in [2.24, 2.45) is 0 Å². The zero-order chi connectivity index (χ0) is 12.1. The maximum atomic E-state index is 11.7. The summed E-state index contributed by atoms with van der Waals surface area (Å²) in [4.78, 5) is 19.6. The molecule has 0 atom stereocenters. The summed E-state index contributed by atoms with van der Waals surface area (Å²) in [5.41, 5.74) is 0.363. The van der Waals surface area contributed by atoms with Gasteiger partial charge in [0, 0.05) is 6.20 Å². The summed E-state index contributed by atoms with van der Waals surface area (Å²) in [5, 5.41) is 0.553. The quantitative estimate of drug-likeness (QED) is 0.455. The van der Waals surface area contributed by atoms with E-state index in [1.807, 2.05) is 6.26 Å². The topological polar surface area (TPSA) is 61.3 Å². The van der Waals surface area contributed by atoms with E-state index in [4.69, 9.17) is 9.47 Å². The van der Waals surface area contributed by atoms with Gasteiger partial charge in [-0.05, 0) is 20.1 Å². The van der Waals surface area contributed by atoms with Gasteiger partial charge in [-0.25, -0.2) is 9.78 Å². The van der Waals surface area contributed by atoms with Gasteiger partial charge < -0.3 is 9.47 Å². The van der Waals surface area contributed by atoms with Crippen LogP contribution in [0.4, 0.5) is 0 Å². The van der Waals surface area contributed by atoms with Gasteiger partial charge in [0.05, 0.1) is 13.2 Å². The number of carbonyl (C=O) groups excluding carboxylic acids is 1. The first-order chi connectivity index (χ1) is 7.58. The van der Waals surface area contributed by atoms with E-state index in [1.54, 1.807) is 13.8 Å². The molecule has 0 saturated heterocycles. The average Bonchev–Trinajstić information content (AvgIpc) is 2.27. The smallest absolute Gasteiger partial charge is 0.342 e. The fourth-order valence-electron chi connectivity index (χ4n) is 1.02. The van der Waals surface area contributed by atoms with Crippen LogP contribution in [0.15, 0.2) is 11.2 Å². The molecule has 1 rings (SSSR count). The molecule has 88 valence electrons. The highest BCUT2D eigenvalue weighted by molar-refractivity contribution is 7.98. The first kappa shape index (κ1) is 12.8. The molecular weight excluding hydrogens is 228 g/mol. The first-order valence-electron chi connectivity index (χ1n) is 4.74. The van der Waals surface area contributed by atoms with Gasteiger partial charge in [-0.15, -0.1) is 11.8 Å². The summed E-state index contributed by atoms with van der Waals surface area (Å²) in [6, 6.07) is 0.241. The maximum absolute atomic E-state index is 11.7. The minimum absolute atomic E-state index is 0.163. The third kappa shape index (κ3) is 3.10. The molecule has 16 heavy (non-hydrogen) atoms. The van der Waals surface area contributed by atoms with Crippen LogP contribution in [0, 0.1) is 0 Å². The second-order valence-electron chi connectivity index (χ2n) is 3.23. The van der Waals surface area contributed by atoms with Crippen LogP contribution in [-0.4, -0.2) is 35.4 Å². The van der Waals surface area contributed by atoms with Crippen molar-refractivity contribution in [2.45, 2.75) is 25.0 Å². The Bertz CT molecular complexity index is 382. The maximum Gasteiger partial charge on any atom is 0.342 e. The summed E-state index contributed by atoms with van der Waals surface area (Å²) < 4.78 is 9.96. The number of rotatable bonds is 4. The Hall–Kier alpha value is -1.30. The van der Waals surface area contributed by atoms with Crippen LogP contribution in [-0.2, 0) is 4.74 Å². The van der Waals surface area contributed by atoms with Crippen LogP contribution >= 0.6 is 11.8 Å². The molecule has 0 aromatic carbocycles. The molecule has 0 unspecified atom stereocenters. The summed E-state index contributed by atoms with van der Waals surface area (Å²) in [6.45, 7) is 3.59. The molecule has 0 fully saturated rings. The number of hydrogen-bond acceptors (Lipinski definition) is 6. The lowest BCUT2D eigenvalue weighted by Crippen LogP contribution is -2.13. The van der Waals surface area contributed by atoms with Crippen LogP contribution in [0.5, 0.6) is 6.01 Å². The predicted octanol–water partition coefficient (Wildman–Crippen LogP) is 1.77. The highest BCUT2D eigenvalue weighted by Crippen LogP contribution is 2.20. The molecule has 0 aliphatic heterocycles. The van der Waals surface area contributed by atoms with Gasteiger partial charge in [-0.2, -0.15) is 4.98 Å². The molecule has 0 aliphatic rings. The lowest BCUT2D eigenvalue weighted by Gasteiger charge is -2.10. The Balaban J connectivity index is 2.99. The summed E-state index contributed by atoms with van der Waals surface area (Å²) in [6.07, 6.45) is 3.08. The van der Waals surface area contributed by atoms with Gasteiger partial charge in [-0.3, -0.25) is 0 Å². The fourth-order valence-corrected chi connectivity index (χ4v) is 1.55. The molecule has 0 bridgehead atoms. The van der Waals surface area contributed by atoms with Gasteiger partial charge in [0.1, 0.15) is 10.6 Å². The van der Waals surface area contributed by atoms with E-state index in [-0.39, 0.29) is 12.1 Å². The number of methoxy groups -OCH3 is 1. The second-order valence-corrected chi connectivity index (χ2v) is 4.03. The Kier molecular flexibility index (Phi) is 4.54. The van der Waals surface area contributed by atoms with Crippen molar-refractivity contribution >= 4 is 17.7 Å². The van der Waals surface area contributed by atoms with Crippen molar-refractivity contribution in [3.05, 3.63) is 11.8 Å². The number of carbonyl (C=O) groups is 1.